The summed E-state index contributed by atoms with van der Waals surface area (Å²) >= 11 is 11.7. The van der Waals surface area contributed by atoms with Gasteiger partial charge in [0, 0.05) is 5.69 Å². The van der Waals surface area contributed by atoms with Crippen LogP contribution in [-0.2, 0) is 4.79 Å². The molecule has 0 aliphatic rings. The van der Waals surface area contributed by atoms with Crippen molar-refractivity contribution in [3.8, 4) is 0 Å². The molecule has 0 unspecified atom stereocenters. The highest BCUT2D eigenvalue weighted by Gasteiger charge is 2.11. The lowest BCUT2D eigenvalue weighted by atomic mass is 10.1. The molecule has 0 aliphatic carbocycles. The summed E-state index contributed by atoms with van der Waals surface area (Å²) in [7, 11) is 0. The van der Waals surface area contributed by atoms with E-state index in [9.17, 15) is 9.90 Å². The lowest BCUT2D eigenvalue weighted by Crippen LogP contribution is -2.32. The van der Waals surface area contributed by atoms with E-state index in [1.807, 2.05) is 30.3 Å². The van der Waals surface area contributed by atoms with Crippen LogP contribution in [0, 0.1) is 0 Å². The fraction of sp³-hybridized carbons (Fsp3) is 0.188. The van der Waals surface area contributed by atoms with Crippen LogP contribution < -0.4 is 10.6 Å². The summed E-state index contributed by atoms with van der Waals surface area (Å²) in [6.45, 7) is -0.0234. The summed E-state index contributed by atoms with van der Waals surface area (Å²) in [6, 6.07) is 14.0. The van der Waals surface area contributed by atoms with Crippen molar-refractivity contribution in [1.29, 1.82) is 0 Å². The molecular weight excluding hydrogens is 323 g/mol. The molecule has 0 spiro atoms. The monoisotopic (exact) mass is 338 g/mol. The average molecular weight is 339 g/mol. The lowest BCUT2D eigenvalue weighted by Gasteiger charge is -2.16. The van der Waals surface area contributed by atoms with Crippen LogP contribution in [0.25, 0.3) is 0 Å². The number of rotatable bonds is 6. The van der Waals surface area contributed by atoms with Crippen molar-refractivity contribution in [2.45, 2.75) is 6.04 Å². The molecule has 2 rings (SSSR count). The molecule has 0 saturated heterocycles. The third-order valence-electron chi connectivity index (χ3n) is 3.10. The van der Waals surface area contributed by atoms with E-state index in [4.69, 9.17) is 23.2 Å². The maximum absolute atomic E-state index is 11.9. The average Bonchev–Trinajstić information content (AvgIpc) is 2.52. The second-order valence-corrected chi connectivity index (χ2v) is 5.52. The van der Waals surface area contributed by atoms with E-state index >= 15 is 0 Å². The minimum atomic E-state index is -0.291. The number of aliphatic hydroxyl groups is 1. The smallest absolute Gasteiger partial charge is 0.238 e. The van der Waals surface area contributed by atoms with Crippen molar-refractivity contribution in [2.75, 3.05) is 18.5 Å². The van der Waals surface area contributed by atoms with Crippen molar-refractivity contribution < 1.29 is 9.90 Å². The molecule has 2 aromatic rings. The van der Waals surface area contributed by atoms with Gasteiger partial charge in [0.25, 0.3) is 0 Å². The molecule has 0 radical (unpaired) electrons. The normalized spacial score (nSPS) is 12.0. The summed E-state index contributed by atoms with van der Waals surface area (Å²) in [6.07, 6.45) is 0. The first-order valence-electron chi connectivity index (χ1n) is 6.74. The zero-order valence-corrected chi connectivity index (χ0v) is 13.2. The molecule has 1 atom stereocenters. The van der Waals surface area contributed by atoms with Crippen molar-refractivity contribution in [3.05, 3.63) is 64.1 Å². The minimum Gasteiger partial charge on any atom is -0.394 e. The van der Waals surface area contributed by atoms with Gasteiger partial charge in [0.15, 0.2) is 0 Å². The molecular formula is C16H16Cl2N2O2. The first kappa shape index (κ1) is 16.8. The number of aliphatic hydroxyl groups excluding tert-OH is 1. The van der Waals surface area contributed by atoms with Gasteiger partial charge in [-0.1, -0.05) is 53.5 Å². The van der Waals surface area contributed by atoms with Gasteiger partial charge < -0.3 is 10.4 Å². The van der Waals surface area contributed by atoms with Crippen molar-refractivity contribution in [3.63, 3.8) is 0 Å². The largest absolute Gasteiger partial charge is 0.394 e. The number of anilines is 1. The van der Waals surface area contributed by atoms with Crippen LogP contribution >= 0.6 is 23.2 Å². The van der Waals surface area contributed by atoms with Crippen LogP contribution in [0.5, 0.6) is 0 Å². The first-order chi connectivity index (χ1) is 10.6. The molecule has 4 nitrogen and oxygen atoms in total. The maximum Gasteiger partial charge on any atom is 0.238 e. The zero-order valence-electron chi connectivity index (χ0n) is 11.7. The van der Waals surface area contributed by atoms with Crippen LogP contribution in [0.4, 0.5) is 5.69 Å². The van der Waals surface area contributed by atoms with Gasteiger partial charge in [0.05, 0.1) is 29.2 Å². The molecule has 2 aromatic carbocycles. The molecule has 0 fully saturated rings. The number of halogens is 2. The molecule has 0 saturated carbocycles. The van der Waals surface area contributed by atoms with E-state index in [2.05, 4.69) is 10.6 Å². The van der Waals surface area contributed by atoms with Crippen molar-refractivity contribution >= 4 is 34.8 Å². The molecule has 0 aliphatic heterocycles. The topological polar surface area (TPSA) is 61.4 Å². The van der Waals surface area contributed by atoms with Gasteiger partial charge in [-0.2, -0.15) is 0 Å². The standard InChI is InChI=1S/C16H16Cl2N2O2/c17-13-7-6-12(8-14(13)18)20-16(22)9-19-15(10-21)11-4-2-1-3-5-11/h1-8,15,19,21H,9-10H2,(H,20,22)/t15-/m0/s1. The van der Waals surface area contributed by atoms with Gasteiger partial charge in [-0.05, 0) is 23.8 Å². The SMILES string of the molecule is O=C(CN[C@@H](CO)c1ccccc1)Nc1ccc(Cl)c(Cl)c1. The summed E-state index contributed by atoms with van der Waals surface area (Å²) in [5, 5.41) is 16.0. The molecule has 6 heteroatoms. The van der Waals surface area contributed by atoms with E-state index in [1.165, 1.54) is 0 Å². The van der Waals surface area contributed by atoms with E-state index in [1.54, 1.807) is 18.2 Å². The van der Waals surface area contributed by atoms with E-state index < -0.39 is 0 Å². The number of carbonyl (C=O) groups is 1. The van der Waals surface area contributed by atoms with Crippen LogP contribution in [0.1, 0.15) is 11.6 Å². The van der Waals surface area contributed by atoms with Gasteiger partial charge in [0.1, 0.15) is 0 Å². The summed E-state index contributed by atoms with van der Waals surface area (Å²) in [4.78, 5) is 11.9. The Morgan fingerprint density at radius 1 is 1.09 bits per heavy atom. The molecule has 3 N–H and O–H groups in total. The number of carbonyl (C=O) groups excluding carboxylic acids is 1. The second kappa shape index (κ2) is 8.15. The van der Waals surface area contributed by atoms with Crippen LogP contribution in [0.2, 0.25) is 10.0 Å². The van der Waals surface area contributed by atoms with Crippen LogP contribution in [0.15, 0.2) is 48.5 Å². The summed E-state index contributed by atoms with van der Waals surface area (Å²) in [5.41, 5.74) is 1.49. The Labute approximate surface area is 139 Å². The van der Waals surface area contributed by atoms with Crippen LogP contribution in [-0.4, -0.2) is 24.2 Å². The fourth-order valence-corrected chi connectivity index (χ4v) is 2.27. The predicted molar refractivity (Wildman–Crippen MR) is 89.4 cm³/mol. The Balaban J connectivity index is 1.90. The number of benzene rings is 2. The van der Waals surface area contributed by atoms with Gasteiger partial charge in [-0.3, -0.25) is 10.1 Å². The van der Waals surface area contributed by atoms with Crippen molar-refractivity contribution in [2.24, 2.45) is 0 Å². The Kier molecular flexibility index (Phi) is 6.21. The quantitative estimate of drug-likeness (QED) is 0.757. The predicted octanol–water partition coefficient (Wildman–Crippen LogP) is 3.26. The zero-order chi connectivity index (χ0) is 15.9. The van der Waals surface area contributed by atoms with Gasteiger partial charge in [0.2, 0.25) is 5.91 Å². The van der Waals surface area contributed by atoms with E-state index in [-0.39, 0.29) is 25.1 Å². The molecule has 1 amide bonds. The highest BCUT2D eigenvalue weighted by atomic mass is 35.5. The molecule has 116 valence electrons. The maximum atomic E-state index is 11.9. The molecule has 0 bridgehead atoms. The second-order valence-electron chi connectivity index (χ2n) is 4.70. The third kappa shape index (κ3) is 4.71. The van der Waals surface area contributed by atoms with Crippen LogP contribution in [0.3, 0.4) is 0 Å². The number of hydrogen-bond donors (Lipinski definition) is 3. The van der Waals surface area contributed by atoms with E-state index in [0.29, 0.717) is 15.7 Å². The highest BCUT2D eigenvalue weighted by Crippen LogP contribution is 2.24. The first-order valence-corrected chi connectivity index (χ1v) is 7.50. The van der Waals surface area contributed by atoms with E-state index in [0.717, 1.165) is 5.56 Å². The number of amides is 1. The van der Waals surface area contributed by atoms with Gasteiger partial charge in [-0.15, -0.1) is 0 Å². The molecule has 0 heterocycles. The number of hydrogen-bond acceptors (Lipinski definition) is 3. The Morgan fingerprint density at radius 3 is 2.45 bits per heavy atom. The lowest BCUT2D eigenvalue weighted by molar-refractivity contribution is -0.115. The minimum absolute atomic E-state index is 0.0698. The number of nitrogens with one attached hydrogen (secondary N) is 2. The highest BCUT2D eigenvalue weighted by molar-refractivity contribution is 6.42. The Bertz CT molecular complexity index is 635. The van der Waals surface area contributed by atoms with Gasteiger partial charge in [-0.25, -0.2) is 0 Å². The van der Waals surface area contributed by atoms with Crippen molar-refractivity contribution in [1.82, 2.24) is 5.32 Å². The van der Waals surface area contributed by atoms with Gasteiger partial charge >= 0.3 is 0 Å². The summed E-state index contributed by atoms with van der Waals surface area (Å²) in [5.74, 6) is -0.229. The summed E-state index contributed by atoms with van der Waals surface area (Å²) < 4.78 is 0. The molecule has 22 heavy (non-hydrogen) atoms. The Morgan fingerprint density at radius 2 is 1.82 bits per heavy atom. The third-order valence-corrected chi connectivity index (χ3v) is 3.84. The fourth-order valence-electron chi connectivity index (χ4n) is 1.97. The molecule has 0 aromatic heterocycles. The Hall–Kier alpha value is -1.59.